The van der Waals surface area contributed by atoms with Crippen molar-refractivity contribution in [3.05, 3.63) is 68.1 Å². The normalized spacial score (nSPS) is 30.0. The number of hydrogen-bond donors (Lipinski definition) is 1. The predicted molar refractivity (Wildman–Crippen MR) is 155 cm³/mol. The van der Waals surface area contributed by atoms with Crippen molar-refractivity contribution in [1.82, 2.24) is 4.98 Å². The third-order valence-corrected chi connectivity index (χ3v) is 11.7. The van der Waals surface area contributed by atoms with E-state index in [1.165, 1.54) is 16.2 Å². The van der Waals surface area contributed by atoms with Gasteiger partial charge in [-0.2, -0.15) is 0 Å². The number of imide groups is 1. The maximum atomic E-state index is 13.9. The molecule has 3 heterocycles. The molecule has 2 aliphatic carbocycles. The number of thioether (sulfide) groups is 1. The summed E-state index contributed by atoms with van der Waals surface area (Å²) >= 11 is 2.96. The van der Waals surface area contributed by atoms with Crippen LogP contribution >= 0.6 is 23.1 Å². The topological polar surface area (TPSA) is 88.7 Å². The van der Waals surface area contributed by atoms with Crippen LogP contribution in [0.3, 0.4) is 0 Å². The zero-order valence-electron chi connectivity index (χ0n) is 22.9. The number of carbonyl (C=O) groups excluding carboxylic acids is 2. The summed E-state index contributed by atoms with van der Waals surface area (Å²) in [6, 6.07) is 13.7. The molecule has 0 radical (unpaired) electrons. The fraction of sp³-hybridized carbons (Fsp3) is 0.452. The van der Waals surface area contributed by atoms with Gasteiger partial charge in [-0.15, -0.1) is 11.8 Å². The molecule has 2 amide bonds. The van der Waals surface area contributed by atoms with Gasteiger partial charge in [-0.1, -0.05) is 48.9 Å². The first-order valence-electron chi connectivity index (χ1n) is 13.9. The van der Waals surface area contributed by atoms with Gasteiger partial charge < -0.3 is 14.5 Å². The van der Waals surface area contributed by atoms with E-state index in [1.54, 1.807) is 18.9 Å². The first-order chi connectivity index (χ1) is 19.3. The number of hydrogen-bond acceptors (Lipinski definition) is 7. The van der Waals surface area contributed by atoms with Gasteiger partial charge in [-0.25, -0.2) is 0 Å². The zero-order chi connectivity index (χ0) is 27.9. The average Bonchev–Trinajstić information content (AvgIpc) is 3.67. The number of aromatic amines is 1. The summed E-state index contributed by atoms with van der Waals surface area (Å²) in [5, 5.41) is 1.04. The Kier molecular flexibility index (Phi) is 6.16. The van der Waals surface area contributed by atoms with E-state index in [-0.39, 0.29) is 57.4 Å². The fourth-order valence-electron chi connectivity index (χ4n) is 7.59. The minimum atomic E-state index is -0.323. The largest absolute Gasteiger partial charge is 0.493 e. The predicted octanol–water partition coefficient (Wildman–Crippen LogP) is 5.47. The molecule has 6 unspecified atom stereocenters. The number of nitrogens with zero attached hydrogens (tertiary/aromatic N) is 1. The zero-order valence-corrected chi connectivity index (χ0v) is 24.5. The quantitative estimate of drug-likeness (QED) is 0.392. The lowest BCUT2D eigenvalue weighted by Crippen LogP contribution is -2.42. The Morgan fingerprint density at radius 2 is 1.73 bits per heavy atom. The summed E-state index contributed by atoms with van der Waals surface area (Å²) in [5.41, 5.74) is 2.80. The van der Waals surface area contributed by atoms with Crippen molar-refractivity contribution in [2.75, 3.05) is 18.6 Å². The Morgan fingerprint density at radius 3 is 2.42 bits per heavy atom. The van der Waals surface area contributed by atoms with Crippen LogP contribution in [0.2, 0.25) is 0 Å². The van der Waals surface area contributed by atoms with Gasteiger partial charge in [-0.3, -0.25) is 19.3 Å². The second-order valence-corrected chi connectivity index (χ2v) is 14.1. The van der Waals surface area contributed by atoms with E-state index in [4.69, 9.17) is 9.47 Å². The molecule has 7 nitrogen and oxygen atoms in total. The second-order valence-electron chi connectivity index (χ2n) is 11.9. The third kappa shape index (κ3) is 3.80. The molecule has 1 aromatic heterocycles. The molecule has 7 rings (SSSR count). The van der Waals surface area contributed by atoms with Crippen molar-refractivity contribution in [2.45, 2.75) is 43.4 Å². The highest BCUT2D eigenvalue weighted by Gasteiger charge is 2.69. The van der Waals surface area contributed by atoms with Crippen molar-refractivity contribution in [3.8, 4) is 11.5 Å². The van der Waals surface area contributed by atoms with E-state index >= 15 is 0 Å². The lowest BCUT2D eigenvalue weighted by molar-refractivity contribution is -0.123. The minimum absolute atomic E-state index is 0.0643. The molecular formula is C31H32N2O5S2. The van der Waals surface area contributed by atoms with Gasteiger partial charge in [0.1, 0.15) is 0 Å². The number of thiazole rings is 1. The van der Waals surface area contributed by atoms with Crippen molar-refractivity contribution >= 4 is 40.6 Å². The molecule has 1 N–H and O–H groups in total. The van der Waals surface area contributed by atoms with Crippen molar-refractivity contribution in [1.29, 1.82) is 0 Å². The van der Waals surface area contributed by atoms with Gasteiger partial charge in [0.15, 0.2) is 11.5 Å². The monoisotopic (exact) mass is 576 g/mol. The molecule has 9 heteroatoms. The fourth-order valence-corrected chi connectivity index (χ4v) is 10.5. The summed E-state index contributed by atoms with van der Waals surface area (Å²) in [6.45, 7) is 6.79. The number of aromatic nitrogens is 1. The molecule has 2 aliphatic heterocycles. The van der Waals surface area contributed by atoms with Crippen molar-refractivity contribution < 1.29 is 19.1 Å². The van der Waals surface area contributed by atoms with Gasteiger partial charge in [0.25, 0.3) is 0 Å². The summed E-state index contributed by atoms with van der Waals surface area (Å²) < 4.78 is 11.8. The van der Waals surface area contributed by atoms with Crippen LogP contribution < -0.4 is 19.2 Å². The Balaban J connectivity index is 1.28. The molecular weight excluding hydrogens is 544 g/mol. The molecule has 2 bridgehead atoms. The number of rotatable bonds is 6. The molecule has 7 atom stereocenters. The molecule has 2 aromatic carbocycles. The lowest BCUT2D eigenvalue weighted by Gasteiger charge is -2.43. The SMILES string of the molecule is COc1cc([C@H]2c3sc(=O)[nH]c3SC3C4CC(C5C(=O)N(c6ccc(C)cc6)C(=O)C45)C32)ccc1OCC(C)C. The van der Waals surface area contributed by atoms with Crippen LogP contribution in [0.25, 0.3) is 0 Å². The molecule has 4 aliphatic rings. The van der Waals surface area contributed by atoms with Gasteiger partial charge in [0, 0.05) is 16.0 Å². The Morgan fingerprint density at radius 1 is 1.00 bits per heavy atom. The Hall–Kier alpha value is -3.04. The van der Waals surface area contributed by atoms with Crippen LogP contribution in [0, 0.1) is 42.4 Å². The first kappa shape index (κ1) is 25.9. The number of anilines is 1. The minimum Gasteiger partial charge on any atom is -0.493 e. The van der Waals surface area contributed by atoms with Crippen LogP contribution in [0.5, 0.6) is 11.5 Å². The van der Waals surface area contributed by atoms with Gasteiger partial charge in [-0.05, 0) is 66.8 Å². The third-order valence-electron chi connectivity index (χ3n) is 9.14. The van der Waals surface area contributed by atoms with E-state index < -0.39 is 0 Å². The van der Waals surface area contributed by atoms with E-state index in [2.05, 4.69) is 24.9 Å². The summed E-state index contributed by atoms with van der Waals surface area (Å²) in [4.78, 5) is 45.7. The van der Waals surface area contributed by atoms with Crippen molar-refractivity contribution in [3.63, 3.8) is 0 Å². The van der Waals surface area contributed by atoms with E-state index in [1.807, 2.05) is 43.3 Å². The maximum Gasteiger partial charge on any atom is 0.305 e. The average molecular weight is 577 g/mol. The second kappa shape index (κ2) is 9.52. The number of methoxy groups -OCH3 is 1. The van der Waals surface area contributed by atoms with Gasteiger partial charge in [0.2, 0.25) is 11.8 Å². The molecule has 1 saturated heterocycles. The Labute approximate surface area is 241 Å². The molecule has 2 saturated carbocycles. The summed E-state index contributed by atoms with van der Waals surface area (Å²) in [7, 11) is 1.64. The smallest absolute Gasteiger partial charge is 0.305 e. The molecule has 208 valence electrons. The number of ether oxygens (including phenoxy) is 2. The van der Waals surface area contributed by atoms with Gasteiger partial charge >= 0.3 is 4.87 Å². The number of fused-ring (bicyclic) bond motifs is 9. The van der Waals surface area contributed by atoms with Crippen LogP contribution in [-0.2, 0) is 9.59 Å². The van der Waals surface area contributed by atoms with E-state index in [9.17, 15) is 14.4 Å². The van der Waals surface area contributed by atoms with Gasteiger partial charge in [0.05, 0.1) is 36.3 Å². The van der Waals surface area contributed by atoms with E-state index in [0.29, 0.717) is 29.7 Å². The number of amides is 2. The van der Waals surface area contributed by atoms with Crippen molar-refractivity contribution in [2.24, 2.45) is 35.5 Å². The Bertz CT molecular complexity index is 1560. The summed E-state index contributed by atoms with van der Waals surface area (Å²) in [5.74, 6) is 1.20. The lowest BCUT2D eigenvalue weighted by atomic mass is 9.68. The standard InChI is InChI=1S/C31H32N2O5S2/c1-14(2)13-38-20-10-7-16(11-21(20)37-4)22-23-18-12-19(26(23)39-28-27(22)40-31(36)32-28)25-24(18)29(34)33(30(25)35)17-8-5-15(3)6-9-17/h5-11,14,18-19,22-26H,12-13H2,1-4H3,(H,32,36)/t18?,19?,22-,23?,24?,25?,26?/m1/s1. The van der Waals surface area contributed by atoms with Crippen LogP contribution in [0.4, 0.5) is 5.69 Å². The first-order valence-corrected chi connectivity index (χ1v) is 15.6. The van der Waals surface area contributed by atoms with Crippen LogP contribution in [-0.4, -0.2) is 35.8 Å². The number of nitrogens with one attached hydrogen (secondary N) is 1. The molecule has 0 spiro atoms. The molecule has 3 aromatic rings. The van der Waals surface area contributed by atoms with Crippen LogP contribution in [0.1, 0.15) is 42.2 Å². The highest BCUT2D eigenvalue weighted by molar-refractivity contribution is 8.00. The van der Waals surface area contributed by atoms with Crippen LogP contribution in [0.15, 0.2) is 52.3 Å². The number of carbonyl (C=O) groups is 2. The number of aryl methyl sites for hydroxylation is 1. The highest BCUT2D eigenvalue weighted by Crippen LogP contribution is 2.68. The summed E-state index contributed by atoms with van der Waals surface area (Å²) in [6.07, 6.45) is 0.860. The van der Waals surface area contributed by atoms with E-state index in [0.717, 1.165) is 27.5 Å². The maximum absolute atomic E-state index is 13.9. The number of H-pyrrole nitrogens is 1. The highest BCUT2D eigenvalue weighted by atomic mass is 32.2. The molecule has 40 heavy (non-hydrogen) atoms. The molecule has 3 fully saturated rings. The number of benzene rings is 2.